The molecule has 0 saturated heterocycles. The van der Waals surface area contributed by atoms with Crippen molar-refractivity contribution in [2.75, 3.05) is 0 Å². The van der Waals surface area contributed by atoms with Crippen LogP contribution in [0.25, 0.3) is 0 Å². The third-order valence-electron chi connectivity index (χ3n) is 2.67. The smallest absolute Gasteiger partial charge is 0.164 e. The molecule has 1 aromatic carbocycles. The lowest BCUT2D eigenvalue weighted by Crippen LogP contribution is -2.18. The molecule has 2 nitrogen and oxygen atoms in total. The van der Waals surface area contributed by atoms with Crippen LogP contribution in [0.4, 0.5) is 0 Å². The first-order valence-electron chi connectivity index (χ1n) is 4.93. The summed E-state index contributed by atoms with van der Waals surface area (Å²) in [4.78, 5) is 11.7. The summed E-state index contributed by atoms with van der Waals surface area (Å²) < 4.78 is 0. The second kappa shape index (κ2) is 4.07. The van der Waals surface area contributed by atoms with Gasteiger partial charge in [-0.05, 0) is 24.5 Å². The molecule has 1 aliphatic carbocycles. The molecule has 0 amide bonds. The monoisotopic (exact) mass is 221 g/mol. The van der Waals surface area contributed by atoms with Gasteiger partial charge in [-0.15, -0.1) is 0 Å². The number of ketones is 1. The second-order valence-corrected chi connectivity index (χ2v) is 4.14. The molecule has 0 heterocycles. The number of rotatable bonds is 1. The second-order valence-electron chi connectivity index (χ2n) is 3.73. The van der Waals surface area contributed by atoms with Crippen LogP contribution in [0.3, 0.4) is 0 Å². The van der Waals surface area contributed by atoms with Crippen LogP contribution in [0.15, 0.2) is 36.0 Å². The van der Waals surface area contributed by atoms with Crippen molar-refractivity contribution in [1.82, 2.24) is 0 Å². The summed E-state index contributed by atoms with van der Waals surface area (Å²) in [6, 6.07) is 7.48. The fourth-order valence-electron chi connectivity index (χ4n) is 1.88. The lowest BCUT2D eigenvalue weighted by atomic mass is 9.85. The average Bonchev–Trinajstić information content (AvgIpc) is 2.20. The maximum absolute atomic E-state index is 11.7. The first-order chi connectivity index (χ1) is 7.18. The number of hydrogen-bond acceptors (Lipinski definition) is 2. The Hall–Kier alpha value is -1.28. The predicted molar refractivity (Wildman–Crippen MR) is 60.7 cm³/mol. The van der Waals surface area contributed by atoms with Crippen LogP contribution in [0.5, 0.6) is 0 Å². The highest BCUT2D eigenvalue weighted by Gasteiger charge is 2.24. The Morgan fingerprint density at radius 1 is 1.33 bits per heavy atom. The van der Waals surface area contributed by atoms with Gasteiger partial charge < -0.3 is 5.73 Å². The van der Waals surface area contributed by atoms with Crippen molar-refractivity contribution in [1.29, 1.82) is 0 Å². The molecule has 2 rings (SSSR count). The summed E-state index contributed by atoms with van der Waals surface area (Å²) in [6.07, 6.45) is 3.05. The van der Waals surface area contributed by atoms with E-state index in [1.165, 1.54) is 6.08 Å². The first-order valence-corrected chi connectivity index (χ1v) is 5.30. The molecule has 1 aromatic rings. The quantitative estimate of drug-likeness (QED) is 0.792. The van der Waals surface area contributed by atoms with E-state index in [9.17, 15) is 4.79 Å². The van der Waals surface area contributed by atoms with E-state index in [0.29, 0.717) is 10.7 Å². The lowest BCUT2D eigenvalue weighted by molar-refractivity contribution is -0.116. The van der Waals surface area contributed by atoms with Gasteiger partial charge in [0.15, 0.2) is 5.78 Å². The molecular weight excluding hydrogens is 210 g/mol. The SMILES string of the molecule is NC1=CC(=O)C(c2ccccc2Cl)CC1. The Bertz CT molecular complexity index is 425. The zero-order valence-corrected chi connectivity index (χ0v) is 9.00. The van der Waals surface area contributed by atoms with E-state index >= 15 is 0 Å². The molecule has 15 heavy (non-hydrogen) atoms. The minimum absolute atomic E-state index is 0.0619. The van der Waals surface area contributed by atoms with Crippen molar-refractivity contribution in [2.45, 2.75) is 18.8 Å². The van der Waals surface area contributed by atoms with Gasteiger partial charge in [-0.2, -0.15) is 0 Å². The van der Waals surface area contributed by atoms with Gasteiger partial charge in [-0.1, -0.05) is 29.8 Å². The highest BCUT2D eigenvalue weighted by atomic mass is 35.5. The largest absolute Gasteiger partial charge is 0.402 e. The van der Waals surface area contributed by atoms with E-state index in [1.807, 2.05) is 24.3 Å². The number of hydrogen-bond donors (Lipinski definition) is 1. The normalized spacial score (nSPS) is 21.3. The number of nitrogens with two attached hydrogens (primary N) is 1. The lowest BCUT2D eigenvalue weighted by Gasteiger charge is -2.20. The summed E-state index contributed by atoms with van der Waals surface area (Å²) in [5, 5.41) is 0.657. The molecule has 0 aliphatic heterocycles. The highest BCUT2D eigenvalue weighted by molar-refractivity contribution is 6.31. The van der Waals surface area contributed by atoms with Gasteiger partial charge in [0.25, 0.3) is 0 Å². The summed E-state index contributed by atoms with van der Waals surface area (Å²) in [7, 11) is 0. The Morgan fingerprint density at radius 3 is 2.73 bits per heavy atom. The first kappa shape index (κ1) is 10.2. The van der Waals surface area contributed by atoms with Crippen molar-refractivity contribution in [3.63, 3.8) is 0 Å². The van der Waals surface area contributed by atoms with Crippen LogP contribution < -0.4 is 5.73 Å². The minimum Gasteiger partial charge on any atom is -0.402 e. The van der Waals surface area contributed by atoms with Crippen LogP contribution in [0.1, 0.15) is 24.3 Å². The van der Waals surface area contributed by atoms with Crippen molar-refractivity contribution in [3.8, 4) is 0 Å². The number of carbonyl (C=O) groups excluding carboxylic acids is 1. The Labute approximate surface area is 93.7 Å². The van der Waals surface area contributed by atoms with E-state index in [1.54, 1.807) is 0 Å². The van der Waals surface area contributed by atoms with E-state index in [2.05, 4.69) is 0 Å². The standard InChI is InChI=1S/C12H12ClNO/c13-11-4-2-1-3-9(11)10-6-5-8(14)7-12(10)15/h1-4,7,10H,5-6,14H2. The molecule has 0 bridgehead atoms. The number of carbonyl (C=O) groups is 1. The molecule has 0 aromatic heterocycles. The molecule has 1 aliphatic rings. The van der Waals surface area contributed by atoms with Gasteiger partial charge in [0.1, 0.15) is 0 Å². The van der Waals surface area contributed by atoms with Gasteiger partial charge in [0.2, 0.25) is 0 Å². The van der Waals surface area contributed by atoms with Crippen LogP contribution in [0, 0.1) is 0 Å². The molecular formula is C12H12ClNO. The molecule has 0 spiro atoms. The van der Waals surface area contributed by atoms with E-state index in [4.69, 9.17) is 17.3 Å². The van der Waals surface area contributed by atoms with E-state index < -0.39 is 0 Å². The summed E-state index contributed by atoms with van der Waals surface area (Å²) >= 11 is 6.06. The molecule has 0 radical (unpaired) electrons. The summed E-state index contributed by atoms with van der Waals surface area (Å²) in [5.74, 6) is -0.0575. The summed E-state index contributed by atoms with van der Waals surface area (Å²) in [6.45, 7) is 0. The molecule has 78 valence electrons. The zero-order valence-electron chi connectivity index (χ0n) is 8.24. The van der Waals surface area contributed by atoms with Gasteiger partial charge in [-0.3, -0.25) is 4.79 Å². The Kier molecular flexibility index (Phi) is 2.78. The van der Waals surface area contributed by atoms with E-state index in [-0.39, 0.29) is 11.7 Å². The number of allylic oxidation sites excluding steroid dienone is 2. The van der Waals surface area contributed by atoms with Crippen LogP contribution in [-0.4, -0.2) is 5.78 Å². The van der Waals surface area contributed by atoms with Crippen molar-refractivity contribution >= 4 is 17.4 Å². The highest BCUT2D eigenvalue weighted by Crippen LogP contribution is 2.32. The number of benzene rings is 1. The summed E-state index contributed by atoms with van der Waals surface area (Å²) in [5.41, 5.74) is 7.19. The van der Waals surface area contributed by atoms with Gasteiger partial charge >= 0.3 is 0 Å². The van der Waals surface area contributed by atoms with Gasteiger partial charge in [0.05, 0.1) is 0 Å². The topological polar surface area (TPSA) is 43.1 Å². The average molecular weight is 222 g/mol. The van der Waals surface area contributed by atoms with Crippen molar-refractivity contribution < 1.29 is 4.79 Å². The molecule has 1 atom stereocenters. The molecule has 3 heteroatoms. The maximum Gasteiger partial charge on any atom is 0.164 e. The number of halogens is 1. The minimum atomic E-state index is -0.119. The van der Waals surface area contributed by atoms with Gasteiger partial charge in [-0.25, -0.2) is 0 Å². The van der Waals surface area contributed by atoms with Gasteiger partial charge in [0, 0.05) is 22.7 Å². The van der Waals surface area contributed by atoms with Crippen LogP contribution in [-0.2, 0) is 4.79 Å². The van der Waals surface area contributed by atoms with E-state index in [0.717, 1.165) is 18.4 Å². The predicted octanol–water partition coefficient (Wildman–Crippen LogP) is 2.63. The third-order valence-corrected chi connectivity index (χ3v) is 3.02. The van der Waals surface area contributed by atoms with Crippen LogP contribution >= 0.6 is 11.6 Å². The zero-order chi connectivity index (χ0) is 10.8. The molecule has 1 unspecified atom stereocenters. The molecule has 0 saturated carbocycles. The Morgan fingerprint density at radius 2 is 2.07 bits per heavy atom. The third kappa shape index (κ3) is 2.05. The van der Waals surface area contributed by atoms with Crippen molar-refractivity contribution in [3.05, 3.63) is 46.6 Å². The van der Waals surface area contributed by atoms with Crippen LogP contribution in [0.2, 0.25) is 5.02 Å². The fourth-order valence-corrected chi connectivity index (χ4v) is 2.14. The fraction of sp³-hybridized carbons (Fsp3) is 0.250. The van der Waals surface area contributed by atoms with Crippen molar-refractivity contribution in [2.24, 2.45) is 5.73 Å². The maximum atomic E-state index is 11.7. The molecule has 0 fully saturated rings. The Balaban J connectivity index is 2.34. The molecule has 2 N–H and O–H groups in total.